The molecule has 0 aromatic rings. The van der Waals surface area contributed by atoms with E-state index in [0.717, 1.165) is 25.7 Å². The van der Waals surface area contributed by atoms with Gasteiger partial charge in [-0.25, -0.2) is 0 Å². The lowest BCUT2D eigenvalue weighted by Crippen LogP contribution is -2.65. The van der Waals surface area contributed by atoms with Crippen LogP contribution in [0, 0.1) is 17.8 Å². The van der Waals surface area contributed by atoms with Crippen molar-refractivity contribution in [1.29, 1.82) is 0 Å². The van der Waals surface area contributed by atoms with E-state index in [9.17, 15) is 39.9 Å². The first-order valence-corrected chi connectivity index (χ1v) is 16.0. The zero-order chi connectivity index (χ0) is 33.9. The summed E-state index contributed by atoms with van der Waals surface area (Å²) in [5.74, 6) is -5.14. The molecule has 0 aromatic carbocycles. The van der Waals surface area contributed by atoms with Crippen LogP contribution in [-0.2, 0) is 42.8 Å². The highest BCUT2D eigenvalue weighted by Crippen LogP contribution is 2.38. The molecule has 45 heavy (non-hydrogen) atoms. The minimum absolute atomic E-state index is 0.0119. The minimum Gasteiger partial charge on any atom is -0.455 e. The first-order chi connectivity index (χ1) is 21.2. The van der Waals surface area contributed by atoms with Gasteiger partial charge in [-0.1, -0.05) is 67.2 Å². The number of esters is 3. The fraction of sp³-hybridized carbons (Fsp3) is 0.903. The lowest BCUT2D eigenvalue weighted by atomic mass is 9.97. The average Bonchev–Trinajstić information content (AvgIpc) is 3.25. The van der Waals surface area contributed by atoms with Crippen LogP contribution < -0.4 is 0 Å². The van der Waals surface area contributed by atoms with Gasteiger partial charge in [0.05, 0.1) is 25.0 Å². The molecule has 2 aliphatic heterocycles. The fourth-order valence-corrected chi connectivity index (χ4v) is 5.06. The van der Waals surface area contributed by atoms with Crippen molar-refractivity contribution in [3.8, 4) is 0 Å². The Morgan fingerprint density at radius 3 is 1.96 bits per heavy atom. The molecule has 10 atom stereocenters. The maximum Gasteiger partial charge on any atom is 0.309 e. The molecule has 1 unspecified atom stereocenters. The standard InChI is InChI=1S/C31H54O14/c1-7-19(6)29(39)43-26-25(41-22(35)13-11-9-8-10-12-17(2)3)24(42-28(38)18(4)5)21(15-33)40-30(26)45-31(16-34)27(37)23(36)20(14-32)44-31/h17-21,23-27,30,32-34,36-37H,7-16H2,1-6H3/t19?,20-,21-,23-,24-,25+,26-,27+,30-,31+/m1/s1. The van der Waals surface area contributed by atoms with Gasteiger partial charge in [-0.15, -0.1) is 0 Å². The van der Waals surface area contributed by atoms with E-state index in [4.69, 9.17) is 28.4 Å². The van der Waals surface area contributed by atoms with Crippen LogP contribution in [0.25, 0.3) is 0 Å². The number of hydrogen-bond acceptors (Lipinski definition) is 14. The average molecular weight is 651 g/mol. The summed E-state index contributed by atoms with van der Waals surface area (Å²) in [6.07, 6.45) is -7.96. The molecule has 0 radical (unpaired) electrons. The van der Waals surface area contributed by atoms with Crippen molar-refractivity contribution in [2.75, 3.05) is 19.8 Å². The number of carbonyl (C=O) groups is 3. The van der Waals surface area contributed by atoms with Gasteiger partial charge in [0, 0.05) is 6.42 Å². The van der Waals surface area contributed by atoms with Crippen molar-refractivity contribution in [3.05, 3.63) is 0 Å². The van der Waals surface area contributed by atoms with Gasteiger partial charge in [-0.2, -0.15) is 0 Å². The summed E-state index contributed by atoms with van der Waals surface area (Å²) in [5.41, 5.74) is 0. The molecular formula is C31H54O14. The predicted molar refractivity (Wildman–Crippen MR) is 157 cm³/mol. The molecule has 0 aromatic heterocycles. The molecule has 262 valence electrons. The van der Waals surface area contributed by atoms with Gasteiger partial charge < -0.3 is 54.0 Å². The molecular weight excluding hydrogens is 596 g/mol. The van der Waals surface area contributed by atoms with E-state index in [1.807, 2.05) is 0 Å². The summed E-state index contributed by atoms with van der Waals surface area (Å²) >= 11 is 0. The van der Waals surface area contributed by atoms with Crippen molar-refractivity contribution >= 4 is 17.9 Å². The summed E-state index contributed by atoms with van der Waals surface area (Å²) in [6, 6.07) is 0. The quantitative estimate of drug-likeness (QED) is 0.0796. The monoisotopic (exact) mass is 650 g/mol. The molecule has 2 aliphatic rings. The lowest BCUT2D eigenvalue weighted by Gasteiger charge is -2.46. The number of hydrogen-bond donors (Lipinski definition) is 5. The van der Waals surface area contributed by atoms with Crippen LogP contribution in [-0.4, -0.2) is 118 Å². The smallest absolute Gasteiger partial charge is 0.309 e. The third kappa shape index (κ3) is 10.5. The molecule has 2 rings (SSSR count). The van der Waals surface area contributed by atoms with E-state index in [2.05, 4.69) is 13.8 Å². The van der Waals surface area contributed by atoms with Crippen LogP contribution in [0.2, 0.25) is 0 Å². The van der Waals surface area contributed by atoms with Gasteiger partial charge in [0.2, 0.25) is 12.1 Å². The molecule has 5 N–H and O–H groups in total. The van der Waals surface area contributed by atoms with E-state index >= 15 is 0 Å². The van der Waals surface area contributed by atoms with Gasteiger partial charge in [-0.3, -0.25) is 14.4 Å². The highest BCUT2D eigenvalue weighted by atomic mass is 16.8. The second-order valence-corrected chi connectivity index (χ2v) is 12.7. The molecule has 0 amide bonds. The summed E-state index contributed by atoms with van der Waals surface area (Å²) < 4.78 is 34.5. The SMILES string of the molecule is CCC(C)C(=O)O[C@H]1[C@@H](O[C@]2(CO)O[C@H](CO)[C@@H](O)[C@@H]2O)O[C@H](CO)[C@@H](OC(=O)C(C)C)[C@@H]1OC(=O)CCCCCCC(C)C. The van der Waals surface area contributed by atoms with E-state index in [0.29, 0.717) is 18.8 Å². The second-order valence-electron chi connectivity index (χ2n) is 12.7. The van der Waals surface area contributed by atoms with Gasteiger partial charge in [0.25, 0.3) is 0 Å². The number of aliphatic hydroxyl groups is 5. The van der Waals surface area contributed by atoms with Crippen molar-refractivity contribution < 1.29 is 68.3 Å². The first kappa shape index (κ1) is 39.3. The van der Waals surface area contributed by atoms with Crippen LogP contribution in [0.3, 0.4) is 0 Å². The van der Waals surface area contributed by atoms with E-state index in [1.165, 1.54) is 0 Å². The Kier molecular flexibility index (Phi) is 16.1. The zero-order valence-electron chi connectivity index (χ0n) is 27.3. The zero-order valence-corrected chi connectivity index (χ0v) is 27.3. The Morgan fingerprint density at radius 1 is 0.800 bits per heavy atom. The molecule has 2 fully saturated rings. The second kappa shape index (κ2) is 18.4. The predicted octanol–water partition coefficient (Wildman–Crippen LogP) is 0.956. The van der Waals surface area contributed by atoms with Gasteiger partial charge in [0.15, 0.2) is 18.3 Å². The number of unbranched alkanes of at least 4 members (excludes halogenated alkanes) is 3. The topological polar surface area (TPSA) is 208 Å². The van der Waals surface area contributed by atoms with Crippen molar-refractivity contribution in [3.63, 3.8) is 0 Å². The Hall–Kier alpha value is -1.91. The third-order valence-corrected chi connectivity index (χ3v) is 8.16. The van der Waals surface area contributed by atoms with Gasteiger partial charge in [-0.05, 0) is 18.8 Å². The summed E-state index contributed by atoms with van der Waals surface area (Å²) in [4.78, 5) is 39.0. The maximum absolute atomic E-state index is 13.2. The van der Waals surface area contributed by atoms with Crippen LogP contribution in [0.1, 0.15) is 86.5 Å². The highest BCUT2D eigenvalue weighted by molar-refractivity contribution is 5.73. The Labute approximate surface area is 265 Å². The molecule has 2 saturated heterocycles. The van der Waals surface area contributed by atoms with Crippen LogP contribution in [0.5, 0.6) is 0 Å². The number of carbonyl (C=O) groups excluding carboxylic acids is 3. The summed E-state index contributed by atoms with van der Waals surface area (Å²) in [6.45, 7) is 8.28. The number of ether oxygens (including phenoxy) is 6. The lowest BCUT2D eigenvalue weighted by molar-refractivity contribution is -0.384. The highest BCUT2D eigenvalue weighted by Gasteiger charge is 2.60. The van der Waals surface area contributed by atoms with Gasteiger partial charge in [0.1, 0.15) is 31.0 Å². The van der Waals surface area contributed by atoms with Gasteiger partial charge >= 0.3 is 17.9 Å². The molecule has 0 saturated carbocycles. The van der Waals surface area contributed by atoms with Crippen LogP contribution in [0.4, 0.5) is 0 Å². The van der Waals surface area contributed by atoms with Crippen molar-refractivity contribution in [1.82, 2.24) is 0 Å². The third-order valence-electron chi connectivity index (χ3n) is 8.16. The fourth-order valence-electron chi connectivity index (χ4n) is 5.06. The van der Waals surface area contributed by atoms with Crippen molar-refractivity contribution in [2.24, 2.45) is 17.8 Å². The molecule has 0 bridgehead atoms. The maximum atomic E-state index is 13.2. The summed E-state index contributed by atoms with van der Waals surface area (Å²) in [5, 5.41) is 51.2. The number of aliphatic hydroxyl groups excluding tert-OH is 5. The Bertz CT molecular complexity index is 928. The normalized spacial score (nSPS) is 32.5. The Balaban J connectivity index is 2.45. The largest absolute Gasteiger partial charge is 0.455 e. The molecule has 14 heteroatoms. The van der Waals surface area contributed by atoms with Crippen molar-refractivity contribution in [2.45, 2.75) is 141 Å². The first-order valence-electron chi connectivity index (χ1n) is 16.0. The number of rotatable bonds is 18. The van der Waals surface area contributed by atoms with E-state index in [-0.39, 0.29) is 6.42 Å². The van der Waals surface area contributed by atoms with E-state index < -0.39 is 104 Å². The molecule has 0 aliphatic carbocycles. The summed E-state index contributed by atoms with van der Waals surface area (Å²) in [7, 11) is 0. The minimum atomic E-state index is -2.37. The molecule has 2 heterocycles. The Morgan fingerprint density at radius 2 is 1.42 bits per heavy atom. The van der Waals surface area contributed by atoms with Crippen LogP contribution in [0.15, 0.2) is 0 Å². The van der Waals surface area contributed by atoms with Crippen LogP contribution >= 0.6 is 0 Å². The van der Waals surface area contributed by atoms with E-state index in [1.54, 1.807) is 27.7 Å². The molecule has 0 spiro atoms. The molecule has 14 nitrogen and oxygen atoms in total.